The number of nitrogens with zero attached hydrogens (tertiary/aromatic N) is 1. The molecule has 1 aliphatic rings. The van der Waals surface area contributed by atoms with E-state index in [9.17, 15) is 0 Å². The van der Waals surface area contributed by atoms with Crippen LogP contribution in [0.4, 0.5) is 0 Å². The summed E-state index contributed by atoms with van der Waals surface area (Å²) in [6, 6.07) is 0.589. The van der Waals surface area contributed by atoms with Gasteiger partial charge in [-0.15, -0.1) is 0 Å². The van der Waals surface area contributed by atoms with Gasteiger partial charge in [0.2, 0.25) is 0 Å². The van der Waals surface area contributed by atoms with Gasteiger partial charge < -0.3 is 0 Å². The van der Waals surface area contributed by atoms with Gasteiger partial charge in [0.25, 0.3) is 0 Å². The summed E-state index contributed by atoms with van der Waals surface area (Å²) in [4.78, 5) is 2.71. The van der Waals surface area contributed by atoms with Crippen molar-refractivity contribution >= 4 is 0 Å². The van der Waals surface area contributed by atoms with Gasteiger partial charge in [-0.2, -0.15) is 0 Å². The van der Waals surface area contributed by atoms with Crippen molar-refractivity contribution in [2.75, 3.05) is 0 Å². The molecule has 0 radical (unpaired) electrons. The van der Waals surface area contributed by atoms with Gasteiger partial charge in [0.15, 0.2) is 0 Å². The smallest absolute Gasteiger partial charge is 0.0218 e. The molecule has 0 N–H and O–H groups in total. The minimum absolute atomic E-state index is 0.230. The lowest BCUT2D eigenvalue weighted by molar-refractivity contribution is 0.0141. The summed E-state index contributed by atoms with van der Waals surface area (Å²) in [7, 11) is 0. The van der Waals surface area contributed by atoms with E-state index in [1.54, 1.807) is 0 Å². The van der Waals surface area contributed by atoms with Gasteiger partial charge >= 0.3 is 0 Å². The largest absolute Gasteiger partial charge is 0.290 e. The fraction of sp³-hybridized carbons (Fsp3) is 1.00. The first-order chi connectivity index (χ1) is 6.82. The van der Waals surface area contributed by atoms with E-state index in [1.165, 1.54) is 0 Å². The Morgan fingerprint density at radius 3 is 1.00 bits per heavy atom. The summed E-state index contributed by atoms with van der Waals surface area (Å²) >= 11 is 0. The fourth-order valence-electron chi connectivity index (χ4n) is 4.12. The van der Waals surface area contributed by atoms with Crippen LogP contribution in [0.1, 0.15) is 69.2 Å². The van der Waals surface area contributed by atoms with Gasteiger partial charge in [-0.25, -0.2) is 0 Å². The van der Waals surface area contributed by atoms with Crippen molar-refractivity contribution in [1.29, 1.82) is 0 Å². The Morgan fingerprint density at radius 1 is 0.625 bits per heavy atom. The molecule has 96 valence electrons. The second-order valence-corrected chi connectivity index (χ2v) is 7.83. The molecule has 0 aliphatic carbocycles. The predicted octanol–water partition coefficient (Wildman–Crippen LogP) is 4.32. The maximum Gasteiger partial charge on any atom is 0.0218 e. The third kappa shape index (κ3) is 1.27. The molecule has 0 aromatic rings. The zero-order valence-electron chi connectivity index (χ0n) is 13.0. The minimum Gasteiger partial charge on any atom is -0.290 e. The topological polar surface area (TPSA) is 3.24 Å². The van der Waals surface area contributed by atoms with E-state index in [4.69, 9.17) is 0 Å². The quantitative estimate of drug-likeness (QED) is 0.642. The van der Waals surface area contributed by atoms with Crippen LogP contribution in [0.2, 0.25) is 0 Å². The van der Waals surface area contributed by atoms with Crippen molar-refractivity contribution in [3.05, 3.63) is 0 Å². The molecule has 0 aromatic heterocycles. The van der Waals surface area contributed by atoms with Crippen LogP contribution < -0.4 is 0 Å². The molecule has 1 heterocycles. The Kier molecular flexibility index (Phi) is 2.85. The van der Waals surface area contributed by atoms with Crippen LogP contribution in [-0.2, 0) is 0 Å². The molecule has 1 heteroatoms. The van der Waals surface area contributed by atoms with Gasteiger partial charge in [-0.3, -0.25) is 4.90 Å². The Balaban J connectivity index is 3.45. The fourth-order valence-corrected chi connectivity index (χ4v) is 4.12. The molecule has 1 aliphatic heterocycles. The number of hydrogen-bond donors (Lipinski definition) is 0. The maximum absolute atomic E-state index is 2.71. The monoisotopic (exact) mass is 225 g/mol. The highest BCUT2D eigenvalue weighted by Crippen LogP contribution is 2.64. The molecule has 0 spiro atoms. The molecular formula is C15H31N. The van der Waals surface area contributed by atoms with Gasteiger partial charge in [0.05, 0.1) is 0 Å². The lowest BCUT2D eigenvalue weighted by Gasteiger charge is -2.46. The van der Waals surface area contributed by atoms with Gasteiger partial charge in [-0.05, 0) is 52.4 Å². The Hall–Kier alpha value is -0.0400. The summed E-state index contributed by atoms with van der Waals surface area (Å²) in [6.07, 6.45) is 0. The average molecular weight is 225 g/mol. The number of hydrogen-bond acceptors (Lipinski definition) is 1. The molecule has 0 bridgehead atoms. The van der Waals surface area contributed by atoms with Crippen molar-refractivity contribution in [2.24, 2.45) is 10.8 Å². The van der Waals surface area contributed by atoms with E-state index >= 15 is 0 Å². The lowest BCUT2D eigenvalue weighted by Crippen LogP contribution is -2.55. The Labute approximate surface area is 103 Å². The third-order valence-corrected chi connectivity index (χ3v) is 6.34. The summed E-state index contributed by atoms with van der Waals surface area (Å²) in [5.74, 6) is 0. The molecule has 0 aromatic carbocycles. The van der Waals surface area contributed by atoms with E-state index < -0.39 is 0 Å². The van der Waals surface area contributed by atoms with E-state index in [2.05, 4.69) is 74.1 Å². The molecule has 0 amide bonds. The van der Waals surface area contributed by atoms with E-state index in [-0.39, 0.29) is 11.1 Å². The second kappa shape index (κ2) is 3.25. The maximum atomic E-state index is 2.71. The summed E-state index contributed by atoms with van der Waals surface area (Å²) < 4.78 is 0. The van der Waals surface area contributed by atoms with Crippen LogP contribution in [-0.4, -0.2) is 22.0 Å². The van der Waals surface area contributed by atoms with Crippen molar-refractivity contribution in [2.45, 2.75) is 86.4 Å². The molecule has 1 rings (SSSR count). The molecular weight excluding hydrogens is 194 g/mol. The zero-order chi connectivity index (χ0) is 13.2. The Bertz CT molecular complexity index is 256. The van der Waals surface area contributed by atoms with Crippen LogP contribution in [0, 0.1) is 10.8 Å². The second-order valence-electron chi connectivity index (χ2n) is 7.83. The van der Waals surface area contributed by atoms with E-state index in [0.717, 1.165) is 0 Å². The predicted molar refractivity (Wildman–Crippen MR) is 72.7 cm³/mol. The molecule has 0 saturated carbocycles. The van der Waals surface area contributed by atoms with E-state index in [0.29, 0.717) is 16.9 Å². The van der Waals surface area contributed by atoms with Gasteiger partial charge in [0.1, 0.15) is 0 Å². The standard InChI is InChI=1S/C15H31N/c1-11(2)16-14(7,8)12(3,4)13(5,6)15(16,9)10/h11H,1-10H3. The van der Waals surface area contributed by atoms with Crippen LogP contribution in [0.15, 0.2) is 0 Å². The third-order valence-electron chi connectivity index (χ3n) is 6.34. The molecule has 0 unspecified atom stereocenters. The first kappa shape index (κ1) is 14.0. The van der Waals surface area contributed by atoms with E-state index in [1.807, 2.05) is 0 Å². The summed E-state index contributed by atoms with van der Waals surface area (Å²) in [6.45, 7) is 24.0. The molecule has 1 saturated heterocycles. The highest BCUT2D eigenvalue weighted by atomic mass is 15.3. The van der Waals surface area contributed by atoms with Crippen LogP contribution in [0.5, 0.6) is 0 Å². The van der Waals surface area contributed by atoms with Crippen molar-refractivity contribution in [1.82, 2.24) is 4.90 Å². The van der Waals surface area contributed by atoms with Gasteiger partial charge in [-0.1, -0.05) is 27.7 Å². The first-order valence-corrected chi connectivity index (χ1v) is 6.61. The van der Waals surface area contributed by atoms with Crippen molar-refractivity contribution in [3.8, 4) is 0 Å². The van der Waals surface area contributed by atoms with Crippen molar-refractivity contribution < 1.29 is 0 Å². The average Bonchev–Trinajstić information content (AvgIpc) is 2.05. The molecule has 1 nitrogen and oxygen atoms in total. The Morgan fingerprint density at radius 2 is 0.875 bits per heavy atom. The van der Waals surface area contributed by atoms with Gasteiger partial charge in [0, 0.05) is 17.1 Å². The minimum atomic E-state index is 0.230. The molecule has 0 atom stereocenters. The SMILES string of the molecule is CC(C)N1C(C)(C)C(C)(C)C(C)(C)C1(C)C. The highest BCUT2D eigenvalue weighted by Gasteiger charge is 2.67. The first-order valence-electron chi connectivity index (χ1n) is 6.61. The lowest BCUT2D eigenvalue weighted by atomic mass is 9.57. The molecule has 16 heavy (non-hydrogen) atoms. The molecule has 1 fully saturated rings. The number of likely N-dealkylation sites (tertiary alicyclic amines) is 1. The van der Waals surface area contributed by atoms with Crippen LogP contribution in [0.25, 0.3) is 0 Å². The zero-order valence-corrected chi connectivity index (χ0v) is 13.0. The van der Waals surface area contributed by atoms with Crippen molar-refractivity contribution in [3.63, 3.8) is 0 Å². The highest BCUT2D eigenvalue weighted by molar-refractivity contribution is 5.20. The van der Waals surface area contributed by atoms with Crippen LogP contribution >= 0.6 is 0 Å². The number of rotatable bonds is 1. The van der Waals surface area contributed by atoms with Crippen LogP contribution in [0.3, 0.4) is 0 Å². The summed E-state index contributed by atoms with van der Waals surface area (Å²) in [5.41, 5.74) is 1.06. The normalized spacial score (nSPS) is 30.9. The summed E-state index contributed by atoms with van der Waals surface area (Å²) in [5, 5.41) is 0.